The second-order valence-corrected chi connectivity index (χ2v) is 5.20. The third-order valence-electron chi connectivity index (χ3n) is 3.63. The number of carbonyl (C=O) groups is 1. The lowest BCUT2D eigenvalue weighted by Crippen LogP contribution is -2.28. The zero-order valence-corrected chi connectivity index (χ0v) is 9.79. The predicted octanol–water partition coefficient (Wildman–Crippen LogP) is 3.47. The molecule has 0 spiro atoms. The first-order valence-corrected chi connectivity index (χ1v) is 5.80. The maximum Gasteiger partial charge on any atom is 0.126 e. The van der Waals surface area contributed by atoms with Crippen LogP contribution >= 0.6 is 0 Å². The topological polar surface area (TPSA) is 17.1 Å². The molecule has 1 aliphatic carbocycles. The largest absolute Gasteiger partial charge is 0.303 e. The minimum absolute atomic E-state index is 0.0231. The number of rotatable bonds is 2. The summed E-state index contributed by atoms with van der Waals surface area (Å²) in [5.41, 5.74) is 1.37. The van der Waals surface area contributed by atoms with Crippen LogP contribution in [0.5, 0.6) is 0 Å². The molecule has 0 bridgehead atoms. The van der Waals surface area contributed by atoms with Crippen LogP contribution in [-0.4, -0.2) is 6.29 Å². The van der Waals surface area contributed by atoms with Gasteiger partial charge < -0.3 is 4.79 Å². The Bertz CT molecular complexity index is 409. The SMILES string of the molecule is CC(C)(C=O)C1CCCc2cccc(F)c21. The van der Waals surface area contributed by atoms with Gasteiger partial charge in [0.1, 0.15) is 12.1 Å². The summed E-state index contributed by atoms with van der Waals surface area (Å²) >= 11 is 0. The number of benzene rings is 1. The summed E-state index contributed by atoms with van der Waals surface area (Å²) in [6.07, 6.45) is 3.83. The summed E-state index contributed by atoms with van der Waals surface area (Å²) in [4.78, 5) is 11.1. The molecule has 16 heavy (non-hydrogen) atoms. The van der Waals surface area contributed by atoms with Crippen molar-refractivity contribution < 1.29 is 9.18 Å². The predicted molar refractivity (Wildman–Crippen MR) is 61.9 cm³/mol. The summed E-state index contributed by atoms with van der Waals surface area (Å²) in [6.45, 7) is 3.79. The highest BCUT2D eigenvalue weighted by molar-refractivity contribution is 5.61. The molecule has 2 rings (SSSR count). The third kappa shape index (κ3) is 1.77. The van der Waals surface area contributed by atoms with E-state index in [-0.39, 0.29) is 11.7 Å². The number of hydrogen-bond acceptors (Lipinski definition) is 1. The number of aryl methyl sites for hydroxylation is 1. The fourth-order valence-electron chi connectivity index (χ4n) is 2.66. The highest BCUT2D eigenvalue weighted by Gasteiger charge is 2.35. The van der Waals surface area contributed by atoms with Gasteiger partial charge in [-0.3, -0.25) is 0 Å². The van der Waals surface area contributed by atoms with Gasteiger partial charge in [0.2, 0.25) is 0 Å². The van der Waals surface area contributed by atoms with E-state index < -0.39 is 5.41 Å². The minimum Gasteiger partial charge on any atom is -0.303 e. The molecule has 1 aromatic carbocycles. The van der Waals surface area contributed by atoms with E-state index in [1.807, 2.05) is 19.9 Å². The third-order valence-corrected chi connectivity index (χ3v) is 3.63. The van der Waals surface area contributed by atoms with Crippen molar-refractivity contribution in [3.05, 3.63) is 35.1 Å². The normalized spacial score (nSPS) is 20.3. The van der Waals surface area contributed by atoms with Crippen LogP contribution in [0.3, 0.4) is 0 Å². The fourth-order valence-corrected chi connectivity index (χ4v) is 2.66. The lowest BCUT2D eigenvalue weighted by atomic mass is 9.69. The van der Waals surface area contributed by atoms with E-state index in [0.717, 1.165) is 36.7 Å². The Hall–Kier alpha value is -1.18. The zero-order valence-electron chi connectivity index (χ0n) is 9.79. The van der Waals surface area contributed by atoms with Crippen molar-refractivity contribution in [1.29, 1.82) is 0 Å². The molecule has 2 heteroatoms. The second-order valence-electron chi connectivity index (χ2n) is 5.20. The van der Waals surface area contributed by atoms with Gasteiger partial charge in [-0.2, -0.15) is 0 Å². The Morgan fingerprint density at radius 2 is 2.19 bits per heavy atom. The summed E-state index contributed by atoms with van der Waals surface area (Å²) in [6, 6.07) is 5.23. The molecule has 1 nitrogen and oxygen atoms in total. The molecule has 0 aromatic heterocycles. The number of aldehydes is 1. The van der Waals surface area contributed by atoms with Gasteiger partial charge in [0.25, 0.3) is 0 Å². The van der Waals surface area contributed by atoms with Crippen LogP contribution < -0.4 is 0 Å². The van der Waals surface area contributed by atoms with E-state index in [1.165, 1.54) is 6.07 Å². The summed E-state index contributed by atoms with van der Waals surface area (Å²) in [7, 11) is 0. The Kier molecular flexibility index (Phi) is 2.83. The summed E-state index contributed by atoms with van der Waals surface area (Å²) in [5.74, 6) is -0.132. The number of halogens is 1. The summed E-state index contributed by atoms with van der Waals surface area (Å²) in [5, 5.41) is 0. The maximum atomic E-state index is 13.9. The average Bonchev–Trinajstić information content (AvgIpc) is 2.29. The van der Waals surface area contributed by atoms with Crippen molar-refractivity contribution in [3.63, 3.8) is 0 Å². The molecule has 0 saturated heterocycles. The Balaban J connectivity index is 2.51. The lowest BCUT2D eigenvalue weighted by molar-refractivity contribution is -0.115. The first-order valence-electron chi connectivity index (χ1n) is 5.80. The number of fused-ring (bicyclic) bond motifs is 1. The Morgan fingerprint density at radius 1 is 1.44 bits per heavy atom. The van der Waals surface area contributed by atoms with E-state index in [1.54, 1.807) is 6.07 Å². The van der Waals surface area contributed by atoms with E-state index in [4.69, 9.17) is 0 Å². The van der Waals surface area contributed by atoms with Gasteiger partial charge in [0.05, 0.1) is 0 Å². The Labute approximate surface area is 95.7 Å². The molecule has 0 radical (unpaired) electrons. The highest BCUT2D eigenvalue weighted by Crippen LogP contribution is 2.43. The van der Waals surface area contributed by atoms with Gasteiger partial charge >= 0.3 is 0 Å². The molecule has 0 fully saturated rings. The standard InChI is InChI=1S/C14H17FO/c1-14(2,9-16)11-7-3-5-10-6-4-8-12(15)13(10)11/h4,6,8-9,11H,3,5,7H2,1-2H3. The zero-order chi connectivity index (χ0) is 11.8. The quantitative estimate of drug-likeness (QED) is 0.697. The number of carbonyl (C=O) groups excluding carboxylic acids is 1. The molecule has 0 N–H and O–H groups in total. The molecular formula is C14H17FO. The van der Waals surface area contributed by atoms with Crippen LogP contribution in [0.1, 0.15) is 43.7 Å². The molecule has 1 aromatic rings. The summed E-state index contributed by atoms with van der Waals surface area (Å²) < 4.78 is 13.9. The van der Waals surface area contributed by atoms with Crippen LogP contribution in [0.25, 0.3) is 0 Å². The van der Waals surface area contributed by atoms with Gasteiger partial charge in [-0.15, -0.1) is 0 Å². The van der Waals surface area contributed by atoms with Crippen molar-refractivity contribution in [2.45, 2.75) is 39.0 Å². The van der Waals surface area contributed by atoms with Crippen molar-refractivity contribution in [2.24, 2.45) is 5.41 Å². The van der Waals surface area contributed by atoms with Crippen molar-refractivity contribution in [2.75, 3.05) is 0 Å². The van der Waals surface area contributed by atoms with Gasteiger partial charge in [-0.05, 0) is 42.4 Å². The van der Waals surface area contributed by atoms with Crippen LogP contribution in [-0.2, 0) is 11.2 Å². The smallest absolute Gasteiger partial charge is 0.126 e. The molecular weight excluding hydrogens is 203 g/mol. The molecule has 0 saturated carbocycles. The van der Waals surface area contributed by atoms with Gasteiger partial charge in [0, 0.05) is 5.41 Å². The Morgan fingerprint density at radius 3 is 2.88 bits per heavy atom. The van der Waals surface area contributed by atoms with Crippen LogP contribution in [0.2, 0.25) is 0 Å². The molecule has 86 valence electrons. The number of hydrogen-bond donors (Lipinski definition) is 0. The van der Waals surface area contributed by atoms with Crippen molar-refractivity contribution in [3.8, 4) is 0 Å². The molecule has 0 heterocycles. The van der Waals surface area contributed by atoms with E-state index in [0.29, 0.717) is 0 Å². The van der Waals surface area contributed by atoms with Gasteiger partial charge in [0.15, 0.2) is 0 Å². The van der Waals surface area contributed by atoms with Crippen LogP contribution in [0, 0.1) is 11.2 Å². The second kappa shape index (κ2) is 4.00. The monoisotopic (exact) mass is 220 g/mol. The van der Waals surface area contributed by atoms with Crippen LogP contribution in [0.4, 0.5) is 4.39 Å². The average molecular weight is 220 g/mol. The van der Waals surface area contributed by atoms with Crippen molar-refractivity contribution >= 4 is 6.29 Å². The molecule has 1 atom stereocenters. The molecule has 0 amide bonds. The minimum atomic E-state index is -0.475. The van der Waals surface area contributed by atoms with E-state index in [2.05, 4.69) is 0 Å². The first-order chi connectivity index (χ1) is 7.56. The molecule has 1 unspecified atom stereocenters. The first kappa shape index (κ1) is 11.3. The molecule has 1 aliphatic rings. The highest BCUT2D eigenvalue weighted by atomic mass is 19.1. The fraction of sp³-hybridized carbons (Fsp3) is 0.500. The van der Waals surface area contributed by atoms with E-state index >= 15 is 0 Å². The maximum absolute atomic E-state index is 13.9. The van der Waals surface area contributed by atoms with Crippen LogP contribution in [0.15, 0.2) is 18.2 Å². The van der Waals surface area contributed by atoms with Crippen molar-refractivity contribution in [1.82, 2.24) is 0 Å². The molecule has 0 aliphatic heterocycles. The van der Waals surface area contributed by atoms with Gasteiger partial charge in [-0.25, -0.2) is 4.39 Å². The van der Waals surface area contributed by atoms with E-state index in [9.17, 15) is 9.18 Å². The van der Waals surface area contributed by atoms with Gasteiger partial charge in [-0.1, -0.05) is 26.0 Å². The lowest BCUT2D eigenvalue weighted by Gasteiger charge is -2.34.